The molecule has 2 aromatic carbocycles. The van der Waals surface area contributed by atoms with Crippen molar-refractivity contribution in [1.29, 1.82) is 0 Å². The van der Waals surface area contributed by atoms with E-state index in [1.54, 1.807) is 11.8 Å². The molecule has 1 aromatic heterocycles. The predicted molar refractivity (Wildman–Crippen MR) is 123 cm³/mol. The minimum atomic E-state index is -4.40. The molecule has 9 heteroatoms. The lowest BCUT2D eigenvalue weighted by atomic mass is 9.87. The van der Waals surface area contributed by atoms with Crippen LogP contribution in [0.2, 0.25) is 0 Å². The molecule has 0 saturated heterocycles. The van der Waals surface area contributed by atoms with Crippen molar-refractivity contribution < 1.29 is 31.9 Å². The maximum absolute atomic E-state index is 15.4. The molecule has 4 nitrogen and oxygen atoms in total. The Hall–Kier alpha value is -3.62. The minimum absolute atomic E-state index is 0.00864. The zero-order valence-electron chi connectivity index (χ0n) is 18.8. The third kappa shape index (κ3) is 4.94. The zero-order valence-corrected chi connectivity index (χ0v) is 18.8. The maximum Gasteiger partial charge on any atom is 0.389 e. The van der Waals surface area contributed by atoms with Gasteiger partial charge in [0.1, 0.15) is 17.7 Å². The lowest BCUT2D eigenvalue weighted by molar-refractivity contribution is -0.135. The number of nitrogens with zero attached hydrogens (tertiary/aromatic N) is 1. The second-order valence-electron chi connectivity index (χ2n) is 8.68. The zero-order chi connectivity index (χ0) is 25.5. The van der Waals surface area contributed by atoms with E-state index in [1.807, 2.05) is 24.3 Å². The Labute approximate surface area is 198 Å². The molecule has 0 saturated carbocycles. The molecule has 2 atom stereocenters. The molecular formula is C26H23F5N2O2. The molecular weight excluding hydrogens is 467 g/mol. The number of aliphatic carboxylic acids is 1. The molecule has 0 bridgehead atoms. The summed E-state index contributed by atoms with van der Waals surface area (Å²) in [6.45, 7) is 5.64. The summed E-state index contributed by atoms with van der Waals surface area (Å²) in [6, 6.07) is 7.91. The van der Waals surface area contributed by atoms with E-state index >= 15 is 8.78 Å². The summed E-state index contributed by atoms with van der Waals surface area (Å²) in [7, 11) is 0. The van der Waals surface area contributed by atoms with E-state index < -0.39 is 48.7 Å². The largest absolute Gasteiger partial charge is 0.478 e. The van der Waals surface area contributed by atoms with Crippen LogP contribution in [-0.2, 0) is 11.2 Å². The van der Waals surface area contributed by atoms with Crippen LogP contribution in [0.1, 0.15) is 48.2 Å². The van der Waals surface area contributed by atoms with E-state index in [1.165, 1.54) is 0 Å². The third-order valence-electron chi connectivity index (χ3n) is 6.23. The number of rotatable bonds is 6. The second-order valence-corrected chi connectivity index (χ2v) is 8.68. The molecule has 35 heavy (non-hydrogen) atoms. The molecule has 0 fully saturated rings. The van der Waals surface area contributed by atoms with Gasteiger partial charge in [-0.15, -0.1) is 0 Å². The number of para-hydroxylation sites is 1. The number of halogens is 5. The van der Waals surface area contributed by atoms with Crippen molar-refractivity contribution in [3.05, 3.63) is 88.8 Å². The van der Waals surface area contributed by atoms with Crippen molar-refractivity contribution >= 4 is 22.9 Å². The lowest BCUT2D eigenvalue weighted by Gasteiger charge is -2.44. The van der Waals surface area contributed by atoms with E-state index in [9.17, 15) is 18.0 Å². The molecule has 0 spiro atoms. The number of alkyl halides is 3. The fraction of sp³-hybridized carbons (Fsp3) is 0.269. The SMILES string of the molecule is C=C(CCC(F)(F)F)N1C(C)Cc2c([nH]c3ccccc23)C1c1c(F)cc(/C=C/C(=O)O)cc1F. The van der Waals surface area contributed by atoms with Gasteiger partial charge in [0.25, 0.3) is 0 Å². The van der Waals surface area contributed by atoms with Crippen molar-refractivity contribution in [3.8, 4) is 0 Å². The van der Waals surface area contributed by atoms with Crippen LogP contribution in [0.4, 0.5) is 22.0 Å². The van der Waals surface area contributed by atoms with Crippen LogP contribution in [0.15, 0.2) is 54.8 Å². The minimum Gasteiger partial charge on any atom is -0.478 e. The van der Waals surface area contributed by atoms with E-state index in [0.717, 1.165) is 40.8 Å². The normalized spacial score (nSPS) is 18.3. The summed E-state index contributed by atoms with van der Waals surface area (Å²) in [6.07, 6.45) is -3.65. The van der Waals surface area contributed by atoms with Gasteiger partial charge in [-0.05, 0) is 55.2 Å². The number of carbonyl (C=O) groups is 1. The summed E-state index contributed by atoms with van der Waals surface area (Å²) in [5.41, 5.74) is 1.87. The number of aromatic amines is 1. The summed E-state index contributed by atoms with van der Waals surface area (Å²) in [5.74, 6) is -3.15. The number of carboxylic acid groups (broad SMARTS) is 1. The van der Waals surface area contributed by atoms with Crippen molar-refractivity contribution in [3.63, 3.8) is 0 Å². The Kier molecular flexibility index (Phi) is 6.44. The van der Waals surface area contributed by atoms with Gasteiger partial charge < -0.3 is 15.0 Å². The summed E-state index contributed by atoms with van der Waals surface area (Å²) in [5, 5.41) is 9.68. The number of hydrogen-bond donors (Lipinski definition) is 2. The Morgan fingerprint density at radius 1 is 1.23 bits per heavy atom. The van der Waals surface area contributed by atoms with Gasteiger partial charge in [0.15, 0.2) is 0 Å². The average molecular weight is 490 g/mol. The molecule has 3 aromatic rings. The van der Waals surface area contributed by atoms with Gasteiger partial charge in [0.2, 0.25) is 0 Å². The second kappa shape index (κ2) is 9.20. The maximum atomic E-state index is 15.4. The highest BCUT2D eigenvalue weighted by atomic mass is 19.4. The number of benzene rings is 2. The number of nitrogens with one attached hydrogen (secondary N) is 1. The molecule has 184 valence electrons. The van der Waals surface area contributed by atoms with Crippen LogP contribution in [-0.4, -0.2) is 33.2 Å². The quantitative estimate of drug-likeness (QED) is 0.297. The number of allylic oxidation sites excluding steroid dienone is 1. The number of carboxylic acids is 1. The van der Waals surface area contributed by atoms with Gasteiger partial charge in [-0.1, -0.05) is 24.8 Å². The first-order valence-electron chi connectivity index (χ1n) is 11.0. The number of H-pyrrole nitrogens is 1. The van der Waals surface area contributed by atoms with Gasteiger partial charge in [-0.2, -0.15) is 13.2 Å². The predicted octanol–water partition coefficient (Wildman–Crippen LogP) is 6.74. The van der Waals surface area contributed by atoms with Gasteiger partial charge in [-0.25, -0.2) is 13.6 Å². The first-order chi connectivity index (χ1) is 16.5. The van der Waals surface area contributed by atoms with Crippen molar-refractivity contribution in [2.45, 2.75) is 44.4 Å². The van der Waals surface area contributed by atoms with Gasteiger partial charge in [0.05, 0.1) is 5.56 Å². The molecule has 1 aliphatic rings. The monoisotopic (exact) mass is 490 g/mol. The smallest absolute Gasteiger partial charge is 0.389 e. The first-order valence-corrected chi connectivity index (χ1v) is 11.0. The third-order valence-corrected chi connectivity index (χ3v) is 6.23. The highest BCUT2D eigenvalue weighted by Gasteiger charge is 2.40. The average Bonchev–Trinajstić information content (AvgIpc) is 3.13. The Morgan fingerprint density at radius 3 is 2.51 bits per heavy atom. The molecule has 4 rings (SSSR count). The highest BCUT2D eigenvalue weighted by molar-refractivity contribution is 5.86. The topological polar surface area (TPSA) is 56.3 Å². The van der Waals surface area contributed by atoms with Crippen LogP contribution in [0, 0.1) is 11.6 Å². The molecule has 1 aliphatic heterocycles. The van der Waals surface area contributed by atoms with Crippen LogP contribution in [0.25, 0.3) is 17.0 Å². The fourth-order valence-electron chi connectivity index (χ4n) is 4.78. The fourth-order valence-corrected chi connectivity index (χ4v) is 4.78. The van der Waals surface area contributed by atoms with Gasteiger partial charge in [-0.3, -0.25) is 0 Å². The Morgan fingerprint density at radius 2 is 1.89 bits per heavy atom. The van der Waals surface area contributed by atoms with E-state index in [2.05, 4.69) is 11.6 Å². The number of hydrogen-bond acceptors (Lipinski definition) is 2. The summed E-state index contributed by atoms with van der Waals surface area (Å²) < 4.78 is 69.7. The van der Waals surface area contributed by atoms with Gasteiger partial charge >= 0.3 is 12.1 Å². The van der Waals surface area contributed by atoms with Crippen LogP contribution in [0.5, 0.6) is 0 Å². The van der Waals surface area contributed by atoms with E-state index in [0.29, 0.717) is 12.1 Å². The summed E-state index contributed by atoms with van der Waals surface area (Å²) >= 11 is 0. The molecule has 0 radical (unpaired) electrons. The van der Waals surface area contributed by atoms with Crippen LogP contribution < -0.4 is 0 Å². The Bertz CT molecular complexity index is 1300. The molecule has 2 heterocycles. The van der Waals surface area contributed by atoms with Crippen LogP contribution >= 0.6 is 0 Å². The molecule has 0 amide bonds. The molecule has 0 aliphatic carbocycles. The van der Waals surface area contributed by atoms with Crippen LogP contribution in [0.3, 0.4) is 0 Å². The van der Waals surface area contributed by atoms with E-state index in [-0.39, 0.29) is 16.8 Å². The number of aromatic nitrogens is 1. The Balaban J connectivity index is 1.87. The molecule has 2 N–H and O–H groups in total. The standard InChI is InChI=1S/C26H23F5N2O2/c1-14(9-10-26(29,30)31)33-15(2)11-18-17-5-3-4-6-21(17)32-24(18)25(33)23-19(27)12-16(13-20(23)28)7-8-22(34)35/h3-8,12-13,15,25,32H,1,9-11H2,2H3,(H,34,35)/b8-7+. The first kappa shape index (κ1) is 24.5. The highest BCUT2D eigenvalue weighted by Crippen LogP contribution is 2.45. The number of fused-ring (bicyclic) bond motifs is 3. The van der Waals surface area contributed by atoms with Crippen molar-refractivity contribution in [1.82, 2.24) is 9.88 Å². The van der Waals surface area contributed by atoms with Crippen molar-refractivity contribution in [2.75, 3.05) is 0 Å². The molecule has 2 unspecified atom stereocenters. The van der Waals surface area contributed by atoms with E-state index in [4.69, 9.17) is 5.11 Å². The lowest BCUT2D eigenvalue weighted by Crippen LogP contribution is -2.42. The van der Waals surface area contributed by atoms with Gasteiger partial charge in [0, 0.05) is 40.8 Å². The van der Waals surface area contributed by atoms with Crippen molar-refractivity contribution in [2.24, 2.45) is 0 Å². The summed E-state index contributed by atoms with van der Waals surface area (Å²) in [4.78, 5) is 15.6.